The van der Waals surface area contributed by atoms with Gasteiger partial charge in [-0.05, 0) is 43.2 Å². The Labute approximate surface area is 195 Å². The van der Waals surface area contributed by atoms with Crippen molar-refractivity contribution in [3.63, 3.8) is 0 Å². The van der Waals surface area contributed by atoms with Gasteiger partial charge in [-0.1, -0.05) is 37.3 Å². The predicted molar refractivity (Wildman–Crippen MR) is 128 cm³/mol. The van der Waals surface area contributed by atoms with Crippen molar-refractivity contribution in [2.45, 2.75) is 39.7 Å². The first-order valence-corrected chi connectivity index (χ1v) is 11.1. The molecule has 1 atom stereocenters. The Morgan fingerprint density at radius 3 is 2.50 bits per heavy atom. The maximum Gasteiger partial charge on any atom is 0.335 e. The Balaban J connectivity index is 1.81. The van der Waals surface area contributed by atoms with Gasteiger partial charge < -0.3 is 9.84 Å². The van der Waals surface area contributed by atoms with Crippen molar-refractivity contribution in [2.24, 2.45) is 5.10 Å². The lowest BCUT2D eigenvalue weighted by Gasteiger charge is -2.21. The van der Waals surface area contributed by atoms with Crippen LogP contribution < -0.4 is 16.0 Å². The molecule has 0 spiro atoms. The van der Waals surface area contributed by atoms with Gasteiger partial charge in [0, 0.05) is 12.8 Å². The van der Waals surface area contributed by atoms with Crippen LogP contribution >= 0.6 is 0 Å². The van der Waals surface area contributed by atoms with Gasteiger partial charge in [0.2, 0.25) is 11.8 Å². The van der Waals surface area contributed by atoms with Gasteiger partial charge in [0.05, 0.1) is 24.0 Å². The molecule has 1 aliphatic heterocycles. The van der Waals surface area contributed by atoms with Crippen LogP contribution in [0, 0.1) is 6.92 Å². The van der Waals surface area contributed by atoms with Crippen molar-refractivity contribution in [1.29, 1.82) is 0 Å². The molecular weight excluding hydrogens is 436 g/mol. The second-order valence-electron chi connectivity index (χ2n) is 7.94. The Kier molecular flexibility index (Phi) is 6.36. The minimum absolute atomic E-state index is 0.134. The first-order valence-electron chi connectivity index (χ1n) is 11.1. The minimum atomic E-state index is -0.762. The number of hydrogen-bond donors (Lipinski definition) is 2. The van der Waals surface area contributed by atoms with Crippen molar-refractivity contribution in [2.75, 3.05) is 6.61 Å². The SMILES string of the molecule is CCOc1ccc([C@H]2CC(c3c(O)n(-c4ccccc4C)c(=O)[nH]c3=O)=NN2C(=O)CC)cc1. The summed E-state index contributed by atoms with van der Waals surface area (Å²) in [5, 5.41) is 16.8. The van der Waals surface area contributed by atoms with Crippen LogP contribution in [-0.2, 0) is 4.79 Å². The number of benzene rings is 2. The van der Waals surface area contributed by atoms with Crippen molar-refractivity contribution >= 4 is 11.6 Å². The molecule has 1 aliphatic rings. The fourth-order valence-electron chi connectivity index (χ4n) is 4.09. The lowest BCUT2D eigenvalue weighted by Crippen LogP contribution is -2.33. The second-order valence-corrected chi connectivity index (χ2v) is 7.94. The summed E-state index contributed by atoms with van der Waals surface area (Å²) in [6, 6.07) is 13.9. The van der Waals surface area contributed by atoms with Crippen molar-refractivity contribution in [3.8, 4) is 17.3 Å². The minimum Gasteiger partial charge on any atom is -0.494 e. The molecule has 0 bridgehead atoms. The summed E-state index contributed by atoms with van der Waals surface area (Å²) in [7, 11) is 0. The Hall–Kier alpha value is -4.14. The number of aromatic hydroxyl groups is 1. The largest absolute Gasteiger partial charge is 0.494 e. The standard InChI is InChI=1S/C25H26N4O5/c1-4-21(30)29-20(16-10-12-17(13-11-16)34-5-2)14-18(27-29)22-23(31)26-25(33)28(24(22)32)19-9-7-6-8-15(19)3/h6-13,20,32H,4-5,14H2,1-3H3,(H,26,31,33)/t20-/m1/s1. The van der Waals surface area contributed by atoms with E-state index in [0.717, 1.165) is 15.7 Å². The normalized spacial score (nSPS) is 15.3. The van der Waals surface area contributed by atoms with Crippen LogP contribution in [0.15, 0.2) is 63.2 Å². The molecule has 0 aliphatic carbocycles. The van der Waals surface area contributed by atoms with E-state index in [1.165, 1.54) is 5.01 Å². The summed E-state index contributed by atoms with van der Waals surface area (Å²) in [6.45, 7) is 5.96. The molecule has 9 nitrogen and oxygen atoms in total. The van der Waals surface area contributed by atoms with Gasteiger partial charge >= 0.3 is 5.69 Å². The average molecular weight is 463 g/mol. The maximum absolute atomic E-state index is 12.8. The monoisotopic (exact) mass is 462 g/mol. The molecule has 9 heteroatoms. The smallest absolute Gasteiger partial charge is 0.335 e. The van der Waals surface area contributed by atoms with E-state index in [1.807, 2.05) is 37.3 Å². The highest BCUT2D eigenvalue weighted by atomic mass is 16.5. The molecule has 2 aromatic carbocycles. The molecule has 4 rings (SSSR count). The number of hydrogen-bond acceptors (Lipinski definition) is 6. The number of carbonyl (C=O) groups is 1. The molecule has 2 N–H and O–H groups in total. The van der Waals surface area contributed by atoms with Gasteiger partial charge in [0.25, 0.3) is 5.56 Å². The van der Waals surface area contributed by atoms with Crippen molar-refractivity contribution in [1.82, 2.24) is 14.6 Å². The lowest BCUT2D eigenvalue weighted by atomic mass is 9.99. The molecule has 34 heavy (non-hydrogen) atoms. The fraction of sp³-hybridized carbons (Fsp3) is 0.280. The zero-order valence-corrected chi connectivity index (χ0v) is 19.2. The molecule has 2 heterocycles. The first kappa shape index (κ1) is 23.0. The van der Waals surface area contributed by atoms with Crippen LogP contribution in [0.3, 0.4) is 0 Å². The number of ether oxygens (including phenoxy) is 1. The molecule has 3 aromatic rings. The van der Waals surface area contributed by atoms with Crippen LogP contribution in [-0.4, -0.2) is 37.9 Å². The molecule has 0 unspecified atom stereocenters. The molecule has 0 saturated carbocycles. The first-order chi connectivity index (χ1) is 16.3. The third-order valence-corrected chi connectivity index (χ3v) is 5.78. The molecule has 0 radical (unpaired) electrons. The van der Waals surface area contributed by atoms with E-state index < -0.39 is 23.2 Å². The number of rotatable bonds is 6. The van der Waals surface area contributed by atoms with Crippen molar-refractivity contribution in [3.05, 3.63) is 86.1 Å². The molecule has 176 valence electrons. The number of nitrogens with zero attached hydrogens (tertiary/aromatic N) is 3. The maximum atomic E-state index is 12.8. The number of aromatic nitrogens is 2. The highest BCUT2D eigenvalue weighted by Crippen LogP contribution is 2.35. The zero-order chi connectivity index (χ0) is 24.4. The number of H-pyrrole nitrogens is 1. The van der Waals surface area contributed by atoms with Gasteiger partial charge in [0.1, 0.15) is 11.3 Å². The summed E-state index contributed by atoms with van der Waals surface area (Å²) in [4.78, 5) is 40.4. The van der Waals surface area contributed by atoms with E-state index in [9.17, 15) is 19.5 Å². The summed E-state index contributed by atoms with van der Waals surface area (Å²) in [5.74, 6) is -0.0341. The van der Waals surface area contributed by atoms with Crippen LogP contribution in [0.4, 0.5) is 0 Å². The van der Waals surface area contributed by atoms with E-state index >= 15 is 0 Å². The Bertz CT molecular complexity index is 1370. The summed E-state index contributed by atoms with van der Waals surface area (Å²) in [6.07, 6.45) is 0.414. The summed E-state index contributed by atoms with van der Waals surface area (Å²) in [5.41, 5.74) is 0.553. The Morgan fingerprint density at radius 2 is 1.85 bits per heavy atom. The number of aryl methyl sites for hydroxylation is 1. The van der Waals surface area contributed by atoms with Gasteiger partial charge in [-0.3, -0.25) is 14.6 Å². The van der Waals surface area contributed by atoms with Crippen LogP contribution in [0.5, 0.6) is 11.6 Å². The number of nitrogens with one attached hydrogen (secondary N) is 1. The third kappa shape index (κ3) is 4.12. The van der Waals surface area contributed by atoms with E-state index in [2.05, 4.69) is 10.1 Å². The highest BCUT2D eigenvalue weighted by molar-refractivity contribution is 6.04. The van der Waals surface area contributed by atoms with E-state index in [1.54, 1.807) is 32.0 Å². The summed E-state index contributed by atoms with van der Waals surface area (Å²) < 4.78 is 6.54. The Morgan fingerprint density at radius 1 is 1.15 bits per heavy atom. The highest BCUT2D eigenvalue weighted by Gasteiger charge is 2.35. The zero-order valence-electron chi connectivity index (χ0n) is 19.2. The van der Waals surface area contributed by atoms with E-state index in [-0.39, 0.29) is 30.0 Å². The number of para-hydroxylation sites is 1. The van der Waals surface area contributed by atoms with Gasteiger partial charge in [0.15, 0.2) is 0 Å². The number of aromatic amines is 1. The number of carbonyl (C=O) groups excluding carboxylic acids is 1. The van der Waals surface area contributed by atoms with Crippen LogP contribution in [0.2, 0.25) is 0 Å². The molecular formula is C25H26N4O5. The number of amides is 1. The quantitative estimate of drug-likeness (QED) is 0.584. The second kappa shape index (κ2) is 9.38. The average Bonchev–Trinajstić information content (AvgIpc) is 3.25. The van der Waals surface area contributed by atoms with Crippen molar-refractivity contribution < 1.29 is 14.6 Å². The number of hydrazone groups is 1. The topological polar surface area (TPSA) is 117 Å². The summed E-state index contributed by atoms with van der Waals surface area (Å²) >= 11 is 0. The van der Waals surface area contributed by atoms with E-state index in [0.29, 0.717) is 18.0 Å². The molecule has 1 aromatic heterocycles. The predicted octanol–water partition coefficient (Wildman–Crippen LogP) is 3.03. The van der Waals surface area contributed by atoms with Gasteiger partial charge in [-0.15, -0.1) is 0 Å². The third-order valence-electron chi connectivity index (χ3n) is 5.78. The molecule has 1 amide bonds. The lowest BCUT2D eigenvalue weighted by molar-refractivity contribution is -0.132. The fourth-order valence-corrected chi connectivity index (χ4v) is 4.09. The van der Waals surface area contributed by atoms with E-state index in [4.69, 9.17) is 4.74 Å². The van der Waals surface area contributed by atoms with Gasteiger partial charge in [-0.2, -0.15) is 5.10 Å². The van der Waals surface area contributed by atoms with Gasteiger partial charge in [-0.25, -0.2) is 14.4 Å². The molecule has 0 saturated heterocycles. The van der Waals surface area contributed by atoms with Crippen LogP contribution in [0.25, 0.3) is 5.69 Å². The van der Waals surface area contributed by atoms with Crippen LogP contribution in [0.1, 0.15) is 49.4 Å². The molecule has 0 fully saturated rings.